The van der Waals surface area contributed by atoms with E-state index in [1.807, 2.05) is 38.1 Å². The molecule has 0 atom stereocenters. The van der Waals surface area contributed by atoms with Gasteiger partial charge in [0, 0.05) is 16.7 Å². The first-order valence-corrected chi connectivity index (χ1v) is 15.9. The second-order valence-corrected chi connectivity index (χ2v) is 13.1. The lowest BCUT2D eigenvalue weighted by Gasteiger charge is -2.37. The third kappa shape index (κ3) is 6.43. The molecule has 5 nitrogen and oxygen atoms in total. The van der Waals surface area contributed by atoms with Crippen LogP contribution >= 0.6 is 0 Å². The number of hydrogen-bond acceptors (Lipinski definition) is 5. The van der Waals surface area contributed by atoms with E-state index in [2.05, 4.69) is 109 Å². The number of hydrogen-bond donors (Lipinski definition) is 1. The van der Waals surface area contributed by atoms with Gasteiger partial charge < -0.3 is 9.76 Å². The lowest BCUT2D eigenvalue weighted by molar-refractivity contribution is -0.0893. The highest BCUT2D eigenvalue weighted by molar-refractivity contribution is 6.47. The molecule has 1 N–H and O–H groups in total. The molecule has 7 aromatic rings. The summed E-state index contributed by atoms with van der Waals surface area (Å²) < 4.78 is 6.05. The lowest BCUT2D eigenvalue weighted by atomic mass is 9.82. The maximum absolute atomic E-state index is 10.4. The predicted molar refractivity (Wildman–Crippen MR) is 195 cm³/mol. The summed E-state index contributed by atoms with van der Waals surface area (Å²) in [5, 5.41) is 15.0. The van der Waals surface area contributed by atoms with E-state index in [0.29, 0.717) is 25.0 Å². The molecule has 0 bridgehead atoms. The van der Waals surface area contributed by atoms with E-state index in [9.17, 15) is 5.11 Å². The van der Waals surface area contributed by atoms with Crippen LogP contribution in [0.15, 0.2) is 133 Å². The zero-order valence-electron chi connectivity index (χ0n) is 27.1. The van der Waals surface area contributed by atoms with Gasteiger partial charge in [0.2, 0.25) is 0 Å². The van der Waals surface area contributed by atoms with Crippen molar-refractivity contribution < 1.29 is 9.76 Å². The van der Waals surface area contributed by atoms with E-state index in [-0.39, 0.29) is 0 Å². The lowest BCUT2D eigenvalue weighted by Crippen LogP contribution is -2.49. The van der Waals surface area contributed by atoms with Crippen LogP contribution in [-0.4, -0.2) is 38.7 Å². The Morgan fingerprint density at radius 3 is 1.32 bits per heavy atom. The van der Waals surface area contributed by atoms with Crippen molar-refractivity contribution in [2.75, 3.05) is 0 Å². The van der Waals surface area contributed by atoms with E-state index in [1.54, 1.807) is 13.8 Å². The molecular weight excluding hydrogens is 577 g/mol. The standard InChI is InChI=1S/C41H36BN3O2/c1-40(2,46)41(3,4)47-42-36-23-21-30(22-24-36)29-13-17-31(18-14-29)37-43-38(34-19-15-27-9-5-7-11-32(27)25-34)45-39(44-37)35-20-16-28-10-6-8-12-33(28)26-35/h5-26,42,46H,1-4H3. The van der Waals surface area contributed by atoms with Crippen LogP contribution in [0.2, 0.25) is 0 Å². The van der Waals surface area contributed by atoms with E-state index in [4.69, 9.17) is 19.6 Å². The molecule has 7 rings (SSSR count). The fraction of sp³-hybridized carbons (Fsp3) is 0.146. The minimum atomic E-state index is -0.945. The van der Waals surface area contributed by atoms with Crippen LogP contribution < -0.4 is 5.46 Å². The van der Waals surface area contributed by atoms with E-state index >= 15 is 0 Å². The molecule has 0 fully saturated rings. The highest BCUT2D eigenvalue weighted by Gasteiger charge is 2.35. The molecular formula is C41H36BN3O2. The van der Waals surface area contributed by atoms with Crippen molar-refractivity contribution in [2.24, 2.45) is 0 Å². The Balaban J connectivity index is 1.21. The first-order valence-electron chi connectivity index (χ1n) is 15.9. The molecule has 0 amide bonds. The van der Waals surface area contributed by atoms with E-state index in [1.165, 1.54) is 10.8 Å². The molecule has 0 spiro atoms. The number of nitrogens with zero attached hydrogens (tertiary/aromatic N) is 3. The van der Waals surface area contributed by atoms with Crippen molar-refractivity contribution in [2.45, 2.75) is 38.9 Å². The van der Waals surface area contributed by atoms with Crippen LogP contribution in [0.4, 0.5) is 0 Å². The number of aliphatic hydroxyl groups is 1. The second kappa shape index (κ2) is 12.2. The highest BCUT2D eigenvalue weighted by Crippen LogP contribution is 2.30. The van der Waals surface area contributed by atoms with Gasteiger partial charge in [-0.2, -0.15) is 0 Å². The summed E-state index contributed by atoms with van der Waals surface area (Å²) in [6.45, 7) is 7.35. The Morgan fingerprint density at radius 2 is 0.851 bits per heavy atom. The third-order valence-electron chi connectivity index (χ3n) is 9.15. The molecule has 6 aromatic carbocycles. The van der Waals surface area contributed by atoms with Gasteiger partial charge in [-0.15, -0.1) is 0 Å². The Labute approximate surface area is 276 Å². The zero-order chi connectivity index (χ0) is 32.6. The molecule has 0 aliphatic rings. The maximum atomic E-state index is 10.4. The number of rotatable bonds is 8. The average Bonchev–Trinajstić information content (AvgIpc) is 3.10. The Bertz CT molecular complexity index is 2110. The van der Waals surface area contributed by atoms with Crippen molar-refractivity contribution in [3.63, 3.8) is 0 Å². The molecule has 230 valence electrons. The summed E-state index contributed by atoms with van der Waals surface area (Å²) in [7, 11) is 0.425. The van der Waals surface area contributed by atoms with E-state index in [0.717, 1.165) is 44.1 Å². The number of fused-ring (bicyclic) bond motifs is 2. The summed E-state index contributed by atoms with van der Waals surface area (Å²) >= 11 is 0. The molecule has 0 unspecified atom stereocenters. The second-order valence-electron chi connectivity index (χ2n) is 13.1. The first-order chi connectivity index (χ1) is 22.6. The molecule has 0 radical (unpaired) electrons. The third-order valence-corrected chi connectivity index (χ3v) is 9.15. The van der Waals surface area contributed by atoms with Gasteiger partial charge in [-0.05, 0) is 72.5 Å². The van der Waals surface area contributed by atoms with Gasteiger partial charge in [0.25, 0.3) is 0 Å². The SMILES string of the molecule is CC(C)(O)C(C)(C)OBc1ccc(-c2ccc(-c3nc(-c4ccc5ccccc5c4)nc(-c4ccc5ccccc5c4)n3)cc2)cc1. The van der Waals surface area contributed by atoms with Crippen molar-refractivity contribution >= 4 is 34.5 Å². The average molecular weight is 614 g/mol. The number of benzene rings is 6. The summed E-state index contributed by atoms with van der Waals surface area (Å²) in [6.07, 6.45) is 0. The van der Waals surface area contributed by atoms with Crippen LogP contribution in [0.1, 0.15) is 27.7 Å². The van der Waals surface area contributed by atoms with Crippen molar-refractivity contribution in [1.82, 2.24) is 15.0 Å². The Morgan fingerprint density at radius 1 is 0.468 bits per heavy atom. The predicted octanol–water partition coefficient (Wildman–Crippen LogP) is 8.39. The topological polar surface area (TPSA) is 68.1 Å². The summed E-state index contributed by atoms with van der Waals surface area (Å²) in [6, 6.07) is 46.0. The fourth-order valence-corrected chi connectivity index (χ4v) is 5.47. The van der Waals surface area contributed by atoms with Crippen LogP contribution in [0, 0.1) is 0 Å². The smallest absolute Gasteiger partial charge is 0.309 e. The summed E-state index contributed by atoms with van der Waals surface area (Å²) in [5.41, 5.74) is 4.44. The molecule has 47 heavy (non-hydrogen) atoms. The minimum Gasteiger partial charge on any atom is -0.427 e. The monoisotopic (exact) mass is 613 g/mol. The summed E-state index contributed by atoms with van der Waals surface area (Å²) in [4.78, 5) is 15.0. The van der Waals surface area contributed by atoms with E-state index < -0.39 is 11.2 Å². The van der Waals surface area contributed by atoms with Crippen LogP contribution in [0.25, 0.3) is 66.8 Å². The van der Waals surface area contributed by atoms with Crippen LogP contribution in [-0.2, 0) is 4.65 Å². The Kier molecular flexibility index (Phi) is 7.92. The van der Waals surface area contributed by atoms with Crippen molar-refractivity contribution in [1.29, 1.82) is 0 Å². The van der Waals surface area contributed by atoms with Crippen molar-refractivity contribution in [3.05, 3.63) is 133 Å². The quantitative estimate of drug-likeness (QED) is 0.174. The molecule has 6 heteroatoms. The van der Waals surface area contributed by atoms with Gasteiger partial charge in [-0.3, -0.25) is 0 Å². The molecule has 0 aliphatic carbocycles. The van der Waals surface area contributed by atoms with Crippen LogP contribution in [0.5, 0.6) is 0 Å². The van der Waals surface area contributed by atoms with Gasteiger partial charge in [-0.1, -0.05) is 127 Å². The minimum absolute atomic E-state index is 0.425. The van der Waals surface area contributed by atoms with Gasteiger partial charge in [0.15, 0.2) is 17.5 Å². The maximum Gasteiger partial charge on any atom is 0.309 e. The molecule has 0 aliphatic heterocycles. The van der Waals surface area contributed by atoms with Gasteiger partial charge in [-0.25, -0.2) is 15.0 Å². The Hall–Kier alpha value is -5.17. The van der Waals surface area contributed by atoms with Gasteiger partial charge in [0.1, 0.15) is 0 Å². The molecule has 0 saturated carbocycles. The number of aromatic nitrogens is 3. The first kappa shape index (κ1) is 30.5. The normalized spacial score (nSPS) is 12.0. The summed E-state index contributed by atoms with van der Waals surface area (Å²) in [5.74, 6) is 1.90. The molecule has 0 saturated heterocycles. The highest BCUT2D eigenvalue weighted by atomic mass is 16.5. The fourth-order valence-electron chi connectivity index (χ4n) is 5.47. The van der Waals surface area contributed by atoms with Crippen molar-refractivity contribution in [3.8, 4) is 45.3 Å². The zero-order valence-corrected chi connectivity index (χ0v) is 27.1. The van der Waals surface area contributed by atoms with Crippen LogP contribution in [0.3, 0.4) is 0 Å². The van der Waals surface area contributed by atoms with Gasteiger partial charge in [0.05, 0.1) is 11.2 Å². The molecule has 1 aromatic heterocycles. The largest absolute Gasteiger partial charge is 0.427 e. The molecule has 1 heterocycles. The van der Waals surface area contributed by atoms with Gasteiger partial charge >= 0.3 is 7.48 Å².